The molecule has 2 N–H and O–H groups in total. The van der Waals surface area contributed by atoms with Gasteiger partial charge in [-0.15, -0.1) is 0 Å². The lowest BCUT2D eigenvalue weighted by molar-refractivity contribution is -0.119. The van der Waals surface area contributed by atoms with Crippen molar-refractivity contribution in [3.05, 3.63) is 70.5 Å². The van der Waals surface area contributed by atoms with Crippen molar-refractivity contribution in [3.63, 3.8) is 0 Å². The summed E-state index contributed by atoms with van der Waals surface area (Å²) in [5, 5.41) is 3.52. The van der Waals surface area contributed by atoms with Crippen LogP contribution in [0, 0.1) is 5.92 Å². The Bertz CT molecular complexity index is 1160. The van der Waals surface area contributed by atoms with E-state index in [1.165, 1.54) is 17.8 Å². The average Bonchev–Trinajstić information content (AvgIpc) is 3.06. The molecule has 1 unspecified atom stereocenters. The highest BCUT2D eigenvalue weighted by Gasteiger charge is 2.21. The zero-order valence-electron chi connectivity index (χ0n) is 18.7. The summed E-state index contributed by atoms with van der Waals surface area (Å²) in [5.41, 5.74) is 2.14. The molecule has 1 aromatic heterocycles. The molecule has 1 atom stereocenters. The molecule has 1 amide bonds. The Morgan fingerprint density at radius 1 is 1.09 bits per heavy atom. The Labute approximate surface area is 196 Å². The van der Waals surface area contributed by atoms with E-state index in [-0.39, 0.29) is 29.2 Å². The summed E-state index contributed by atoms with van der Waals surface area (Å²) < 4.78 is 11.5. The Kier molecular flexibility index (Phi) is 7.34. The fourth-order valence-corrected chi connectivity index (χ4v) is 4.30. The molecule has 0 saturated carbocycles. The largest absolute Gasteiger partial charge is 0.490 e. The summed E-state index contributed by atoms with van der Waals surface area (Å²) >= 11 is 1.20. The van der Waals surface area contributed by atoms with Gasteiger partial charge in [-0.05, 0) is 23.6 Å². The molecule has 0 aliphatic carbocycles. The van der Waals surface area contributed by atoms with Gasteiger partial charge >= 0.3 is 0 Å². The standard InChI is InChI=1S/C25H27N3O4S/c1-16(2)24(18-9-10-20-21(13-18)32-12-6-11-31-20)27-23(30)15-33-25-26-19(14-22(29)28-25)17-7-4-3-5-8-17/h3-5,7-10,13-14,16,24H,6,11-12,15H2,1-2H3,(H,27,30)(H,26,28,29). The summed E-state index contributed by atoms with van der Waals surface area (Å²) in [7, 11) is 0. The van der Waals surface area contributed by atoms with Crippen molar-refractivity contribution in [3.8, 4) is 22.8 Å². The second kappa shape index (κ2) is 10.6. The minimum Gasteiger partial charge on any atom is -0.490 e. The Balaban J connectivity index is 1.44. The van der Waals surface area contributed by atoms with E-state index in [4.69, 9.17) is 9.47 Å². The maximum atomic E-state index is 12.8. The molecular formula is C25H27N3O4S. The number of aromatic nitrogens is 2. The molecule has 4 rings (SSSR count). The van der Waals surface area contributed by atoms with E-state index >= 15 is 0 Å². The van der Waals surface area contributed by atoms with Gasteiger partial charge in [-0.3, -0.25) is 9.59 Å². The minimum absolute atomic E-state index is 0.134. The summed E-state index contributed by atoms with van der Waals surface area (Å²) in [6.45, 7) is 5.36. The van der Waals surface area contributed by atoms with Crippen molar-refractivity contribution in [2.45, 2.75) is 31.5 Å². The van der Waals surface area contributed by atoms with Crippen LogP contribution in [0.5, 0.6) is 11.5 Å². The quantitative estimate of drug-likeness (QED) is 0.401. The molecule has 0 spiro atoms. The molecule has 33 heavy (non-hydrogen) atoms. The molecule has 8 heteroatoms. The molecule has 0 radical (unpaired) electrons. The van der Waals surface area contributed by atoms with E-state index < -0.39 is 0 Å². The van der Waals surface area contributed by atoms with Gasteiger partial charge in [0.2, 0.25) is 5.91 Å². The number of nitrogens with zero attached hydrogens (tertiary/aromatic N) is 1. The molecular weight excluding hydrogens is 438 g/mol. The van der Waals surface area contributed by atoms with Crippen molar-refractivity contribution in [1.82, 2.24) is 15.3 Å². The first kappa shape index (κ1) is 22.9. The van der Waals surface area contributed by atoms with E-state index in [9.17, 15) is 9.59 Å². The lowest BCUT2D eigenvalue weighted by Crippen LogP contribution is -2.33. The van der Waals surface area contributed by atoms with Crippen LogP contribution in [-0.4, -0.2) is 34.8 Å². The highest BCUT2D eigenvalue weighted by atomic mass is 32.2. The van der Waals surface area contributed by atoms with Crippen molar-refractivity contribution in [1.29, 1.82) is 0 Å². The zero-order valence-corrected chi connectivity index (χ0v) is 19.5. The molecule has 2 heterocycles. The van der Waals surface area contributed by atoms with Gasteiger partial charge in [-0.2, -0.15) is 0 Å². The van der Waals surface area contributed by atoms with Crippen LogP contribution in [0.2, 0.25) is 0 Å². The number of H-pyrrole nitrogens is 1. The molecule has 2 aromatic carbocycles. The fraction of sp³-hybridized carbons (Fsp3) is 0.320. The van der Waals surface area contributed by atoms with Crippen LogP contribution in [0.15, 0.2) is 64.5 Å². The van der Waals surface area contributed by atoms with Crippen LogP contribution in [-0.2, 0) is 4.79 Å². The minimum atomic E-state index is -0.251. The molecule has 172 valence electrons. The van der Waals surface area contributed by atoms with Crippen molar-refractivity contribution in [2.24, 2.45) is 5.92 Å². The van der Waals surface area contributed by atoms with E-state index in [1.54, 1.807) is 0 Å². The van der Waals surface area contributed by atoms with Crippen LogP contribution in [0.3, 0.4) is 0 Å². The van der Waals surface area contributed by atoms with Gasteiger partial charge < -0.3 is 19.8 Å². The normalized spacial score (nSPS) is 13.9. The van der Waals surface area contributed by atoms with Crippen LogP contribution >= 0.6 is 11.8 Å². The SMILES string of the molecule is CC(C)C(NC(=O)CSc1nc(-c2ccccc2)cc(=O)[nH]1)c1ccc2c(c1)OCCCO2. The van der Waals surface area contributed by atoms with Gasteiger partial charge in [-0.25, -0.2) is 4.98 Å². The van der Waals surface area contributed by atoms with Gasteiger partial charge in [0.25, 0.3) is 5.56 Å². The van der Waals surface area contributed by atoms with E-state index in [0.29, 0.717) is 29.8 Å². The lowest BCUT2D eigenvalue weighted by Gasteiger charge is -2.24. The average molecular weight is 466 g/mol. The van der Waals surface area contributed by atoms with E-state index in [0.717, 1.165) is 23.3 Å². The van der Waals surface area contributed by atoms with Gasteiger partial charge in [0.1, 0.15) is 0 Å². The van der Waals surface area contributed by atoms with Crippen LogP contribution < -0.4 is 20.3 Å². The Morgan fingerprint density at radius 2 is 1.85 bits per heavy atom. The molecule has 1 aliphatic rings. The van der Waals surface area contributed by atoms with Crippen LogP contribution in [0.25, 0.3) is 11.3 Å². The second-order valence-corrected chi connectivity index (χ2v) is 9.10. The van der Waals surface area contributed by atoms with Crippen molar-refractivity contribution in [2.75, 3.05) is 19.0 Å². The van der Waals surface area contributed by atoms with Gasteiger partial charge in [0.15, 0.2) is 16.7 Å². The third-order valence-electron chi connectivity index (χ3n) is 5.24. The predicted octanol–water partition coefficient (Wildman–Crippen LogP) is 4.20. The van der Waals surface area contributed by atoms with Crippen molar-refractivity contribution < 1.29 is 14.3 Å². The lowest BCUT2D eigenvalue weighted by atomic mass is 9.95. The summed E-state index contributed by atoms with van der Waals surface area (Å²) in [6.07, 6.45) is 0.840. The fourth-order valence-electron chi connectivity index (χ4n) is 3.62. The highest BCUT2D eigenvalue weighted by molar-refractivity contribution is 7.99. The smallest absolute Gasteiger partial charge is 0.252 e. The number of thioether (sulfide) groups is 1. The molecule has 3 aromatic rings. The Hall–Kier alpha value is -3.26. The Morgan fingerprint density at radius 3 is 2.61 bits per heavy atom. The number of ether oxygens (including phenoxy) is 2. The third kappa shape index (κ3) is 5.96. The number of amides is 1. The summed E-state index contributed by atoms with van der Waals surface area (Å²) in [4.78, 5) is 32.1. The first-order valence-corrected chi connectivity index (χ1v) is 12.0. The van der Waals surface area contributed by atoms with Gasteiger partial charge in [-0.1, -0.05) is 62.0 Å². The number of fused-ring (bicyclic) bond motifs is 1. The monoisotopic (exact) mass is 465 g/mol. The third-order valence-corrected chi connectivity index (χ3v) is 6.12. The number of carbonyl (C=O) groups is 1. The number of aromatic amines is 1. The second-order valence-electron chi connectivity index (χ2n) is 8.14. The number of hydrogen-bond acceptors (Lipinski definition) is 6. The maximum absolute atomic E-state index is 12.8. The predicted molar refractivity (Wildman–Crippen MR) is 129 cm³/mol. The summed E-state index contributed by atoms with van der Waals surface area (Å²) in [5.74, 6) is 1.60. The number of hydrogen-bond donors (Lipinski definition) is 2. The molecule has 0 bridgehead atoms. The van der Waals surface area contributed by atoms with Crippen molar-refractivity contribution >= 4 is 17.7 Å². The summed E-state index contributed by atoms with van der Waals surface area (Å²) in [6, 6.07) is 16.6. The highest BCUT2D eigenvalue weighted by Crippen LogP contribution is 2.34. The maximum Gasteiger partial charge on any atom is 0.252 e. The topological polar surface area (TPSA) is 93.3 Å². The first-order chi connectivity index (χ1) is 16.0. The number of nitrogens with one attached hydrogen (secondary N) is 2. The van der Waals surface area contributed by atoms with E-state index in [2.05, 4.69) is 29.1 Å². The van der Waals surface area contributed by atoms with Gasteiger partial charge in [0, 0.05) is 18.1 Å². The van der Waals surface area contributed by atoms with Gasteiger partial charge in [0.05, 0.1) is 30.7 Å². The number of rotatable bonds is 7. The van der Waals surface area contributed by atoms with E-state index in [1.807, 2.05) is 48.5 Å². The first-order valence-electron chi connectivity index (χ1n) is 11.0. The number of carbonyl (C=O) groups excluding carboxylic acids is 1. The van der Waals surface area contributed by atoms with Crippen LogP contribution in [0.1, 0.15) is 31.9 Å². The molecule has 7 nitrogen and oxygen atoms in total. The molecule has 0 fully saturated rings. The van der Waals surface area contributed by atoms with Crippen LogP contribution in [0.4, 0.5) is 0 Å². The molecule has 1 aliphatic heterocycles. The molecule has 0 saturated heterocycles. The number of benzene rings is 2. The zero-order chi connectivity index (χ0) is 23.2.